The van der Waals surface area contributed by atoms with Gasteiger partial charge >= 0.3 is 0 Å². The van der Waals surface area contributed by atoms with Crippen LogP contribution in [-0.4, -0.2) is 36.3 Å². The molecular formula is C25H27N3O2. The zero-order valence-corrected chi connectivity index (χ0v) is 17.3. The number of carbonyl (C=O) groups excluding carboxylic acids is 2. The minimum absolute atomic E-state index is 0.186. The first-order chi connectivity index (χ1) is 14.6. The van der Waals surface area contributed by atoms with Crippen LogP contribution in [0.4, 0.5) is 11.4 Å². The Morgan fingerprint density at radius 1 is 1.00 bits per heavy atom. The number of imide groups is 1. The molecule has 1 saturated heterocycles. The summed E-state index contributed by atoms with van der Waals surface area (Å²) in [6, 6.07) is 17.4. The molecule has 0 bridgehead atoms. The predicted molar refractivity (Wildman–Crippen MR) is 121 cm³/mol. The van der Waals surface area contributed by atoms with Crippen LogP contribution in [0.25, 0.3) is 5.57 Å². The number of nitrogens with one attached hydrogen (secondary N) is 1. The summed E-state index contributed by atoms with van der Waals surface area (Å²) in [6.07, 6.45) is 3.99. The van der Waals surface area contributed by atoms with E-state index in [1.54, 1.807) is 6.08 Å². The molecule has 0 saturated carbocycles. The Hall–Kier alpha value is -3.34. The van der Waals surface area contributed by atoms with Crippen molar-refractivity contribution in [3.63, 3.8) is 0 Å². The Bertz CT molecular complexity index is 971. The van der Waals surface area contributed by atoms with Gasteiger partial charge in [0, 0.05) is 31.0 Å². The van der Waals surface area contributed by atoms with Gasteiger partial charge in [0.05, 0.1) is 5.57 Å². The molecule has 4 rings (SSSR count). The van der Waals surface area contributed by atoms with Crippen molar-refractivity contribution in [2.75, 3.05) is 29.9 Å². The zero-order chi connectivity index (χ0) is 21.1. The minimum Gasteiger partial charge on any atom is -0.372 e. The van der Waals surface area contributed by atoms with Gasteiger partial charge in [-0.05, 0) is 48.6 Å². The number of rotatable bonds is 6. The van der Waals surface area contributed by atoms with Gasteiger partial charge in [-0.3, -0.25) is 14.5 Å². The maximum Gasteiger partial charge on any atom is 0.278 e. The van der Waals surface area contributed by atoms with Crippen LogP contribution in [0, 0.1) is 5.92 Å². The van der Waals surface area contributed by atoms with Crippen molar-refractivity contribution in [3.8, 4) is 0 Å². The normalized spacial score (nSPS) is 17.6. The fourth-order valence-corrected chi connectivity index (χ4v) is 4.03. The van der Waals surface area contributed by atoms with E-state index in [-0.39, 0.29) is 18.4 Å². The van der Waals surface area contributed by atoms with E-state index in [1.165, 1.54) is 23.4 Å². The van der Waals surface area contributed by atoms with Crippen molar-refractivity contribution in [1.82, 2.24) is 4.90 Å². The summed E-state index contributed by atoms with van der Waals surface area (Å²) in [7, 11) is 0. The lowest BCUT2D eigenvalue weighted by molar-refractivity contribution is -0.136. The second kappa shape index (κ2) is 8.57. The van der Waals surface area contributed by atoms with Gasteiger partial charge in [0.2, 0.25) is 0 Å². The summed E-state index contributed by atoms with van der Waals surface area (Å²) in [6.45, 7) is 8.30. The number of hydrogen-bond donors (Lipinski definition) is 1. The van der Waals surface area contributed by atoms with Crippen LogP contribution < -0.4 is 10.2 Å². The Labute approximate surface area is 177 Å². The molecule has 2 amide bonds. The predicted octanol–water partition coefficient (Wildman–Crippen LogP) is 4.30. The summed E-state index contributed by atoms with van der Waals surface area (Å²) >= 11 is 0. The fraction of sp³-hybridized carbons (Fsp3) is 0.280. The molecule has 0 aromatic heterocycles. The zero-order valence-electron chi connectivity index (χ0n) is 17.3. The molecule has 2 aliphatic rings. The largest absolute Gasteiger partial charge is 0.372 e. The molecule has 5 heteroatoms. The van der Waals surface area contributed by atoms with E-state index in [2.05, 4.69) is 35.9 Å². The quantitative estimate of drug-likeness (QED) is 0.579. The molecule has 2 aromatic rings. The second-order valence-corrected chi connectivity index (χ2v) is 7.97. The highest BCUT2D eigenvalue weighted by Gasteiger charge is 2.38. The van der Waals surface area contributed by atoms with Gasteiger partial charge in [-0.1, -0.05) is 43.3 Å². The van der Waals surface area contributed by atoms with Crippen LogP contribution in [-0.2, 0) is 9.59 Å². The topological polar surface area (TPSA) is 52.7 Å². The highest BCUT2D eigenvalue weighted by molar-refractivity contribution is 6.36. The molecule has 0 aliphatic carbocycles. The number of hydrogen-bond acceptors (Lipinski definition) is 4. The molecule has 5 nitrogen and oxygen atoms in total. The van der Waals surface area contributed by atoms with Gasteiger partial charge in [0.25, 0.3) is 11.8 Å². The second-order valence-electron chi connectivity index (χ2n) is 7.97. The molecule has 2 aromatic carbocycles. The fourth-order valence-electron chi connectivity index (χ4n) is 4.03. The van der Waals surface area contributed by atoms with Crippen molar-refractivity contribution in [1.29, 1.82) is 0 Å². The van der Waals surface area contributed by atoms with E-state index in [0.29, 0.717) is 11.3 Å². The molecule has 0 atom stereocenters. The van der Waals surface area contributed by atoms with E-state index < -0.39 is 0 Å². The molecular weight excluding hydrogens is 374 g/mol. The summed E-state index contributed by atoms with van der Waals surface area (Å²) in [5, 5.41) is 3.21. The number of piperidine rings is 1. The van der Waals surface area contributed by atoms with E-state index in [1.807, 2.05) is 42.5 Å². The average molecular weight is 402 g/mol. The van der Waals surface area contributed by atoms with Gasteiger partial charge in [-0.2, -0.15) is 0 Å². The first-order valence-electron chi connectivity index (χ1n) is 10.5. The SMILES string of the molecule is C=CCN1C(=O)C(Nc2ccc(N3CCC(C)CC3)cc2)=C(c2ccccc2)C1=O. The Morgan fingerprint density at radius 3 is 2.30 bits per heavy atom. The molecule has 0 unspecified atom stereocenters. The molecule has 1 fully saturated rings. The van der Waals surface area contributed by atoms with Crippen molar-refractivity contribution in [2.45, 2.75) is 19.8 Å². The third kappa shape index (κ3) is 3.88. The van der Waals surface area contributed by atoms with Gasteiger partial charge in [-0.15, -0.1) is 6.58 Å². The third-order valence-corrected chi connectivity index (χ3v) is 5.83. The number of amides is 2. The van der Waals surface area contributed by atoms with Crippen molar-refractivity contribution < 1.29 is 9.59 Å². The lowest BCUT2D eigenvalue weighted by Crippen LogP contribution is -2.32. The van der Waals surface area contributed by atoms with E-state index >= 15 is 0 Å². The molecule has 2 aliphatic heterocycles. The number of benzene rings is 2. The lowest BCUT2D eigenvalue weighted by atomic mass is 9.99. The number of anilines is 2. The van der Waals surface area contributed by atoms with E-state index in [0.717, 1.165) is 30.3 Å². The van der Waals surface area contributed by atoms with Crippen molar-refractivity contribution in [2.24, 2.45) is 5.92 Å². The Balaban J connectivity index is 1.60. The molecule has 2 heterocycles. The van der Waals surface area contributed by atoms with E-state index in [4.69, 9.17) is 0 Å². The first-order valence-corrected chi connectivity index (χ1v) is 10.5. The van der Waals surface area contributed by atoms with Gasteiger partial charge < -0.3 is 10.2 Å². The number of nitrogens with zero attached hydrogens (tertiary/aromatic N) is 2. The van der Waals surface area contributed by atoms with E-state index in [9.17, 15) is 9.59 Å². The lowest BCUT2D eigenvalue weighted by Gasteiger charge is -2.32. The molecule has 1 N–H and O–H groups in total. The third-order valence-electron chi connectivity index (χ3n) is 5.83. The Kier molecular flexibility index (Phi) is 5.70. The Morgan fingerprint density at radius 2 is 1.67 bits per heavy atom. The summed E-state index contributed by atoms with van der Waals surface area (Å²) in [4.78, 5) is 29.5. The van der Waals surface area contributed by atoms with Gasteiger partial charge in [0.15, 0.2) is 0 Å². The van der Waals surface area contributed by atoms with Crippen LogP contribution >= 0.6 is 0 Å². The highest BCUT2D eigenvalue weighted by Crippen LogP contribution is 2.31. The van der Waals surface area contributed by atoms with Crippen LogP contribution in [0.3, 0.4) is 0 Å². The standard InChI is InChI=1S/C25H27N3O2/c1-3-15-28-24(29)22(19-7-5-4-6-8-19)23(25(28)30)26-20-9-11-21(12-10-20)27-16-13-18(2)14-17-27/h3-12,18,26H,1,13-17H2,2H3. The van der Waals surface area contributed by atoms with Crippen LogP contribution in [0.2, 0.25) is 0 Å². The van der Waals surface area contributed by atoms with Crippen LogP contribution in [0.1, 0.15) is 25.3 Å². The maximum absolute atomic E-state index is 13.0. The van der Waals surface area contributed by atoms with Gasteiger partial charge in [0.1, 0.15) is 5.70 Å². The average Bonchev–Trinajstić information content (AvgIpc) is 3.00. The first kappa shape index (κ1) is 20.0. The summed E-state index contributed by atoms with van der Waals surface area (Å²) in [5.74, 6) is 0.162. The smallest absolute Gasteiger partial charge is 0.278 e. The van der Waals surface area contributed by atoms with Crippen molar-refractivity contribution in [3.05, 3.63) is 78.5 Å². The highest BCUT2D eigenvalue weighted by atomic mass is 16.2. The monoisotopic (exact) mass is 401 g/mol. The maximum atomic E-state index is 13.0. The van der Waals surface area contributed by atoms with Crippen molar-refractivity contribution >= 4 is 28.8 Å². The molecule has 154 valence electrons. The molecule has 0 radical (unpaired) electrons. The van der Waals surface area contributed by atoms with Crippen LogP contribution in [0.5, 0.6) is 0 Å². The summed E-state index contributed by atoms with van der Waals surface area (Å²) < 4.78 is 0. The molecule has 0 spiro atoms. The minimum atomic E-state index is -0.326. The summed E-state index contributed by atoms with van der Waals surface area (Å²) in [5.41, 5.74) is 3.41. The van der Waals surface area contributed by atoms with Crippen LogP contribution in [0.15, 0.2) is 72.9 Å². The van der Waals surface area contributed by atoms with Gasteiger partial charge in [-0.25, -0.2) is 0 Å². The number of carbonyl (C=O) groups is 2. The molecule has 30 heavy (non-hydrogen) atoms.